The largest absolute Gasteiger partial charge is 0.182 e. The zero-order valence-electron chi connectivity index (χ0n) is 12.8. The van der Waals surface area contributed by atoms with Crippen LogP contribution < -0.4 is 0 Å². The van der Waals surface area contributed by atoms with Gasteiger partial charge in [-0.3, -0.25) is 0 Å². The molecule has 22 heavy (non-hydrogen) atoms. The molecule has 0 radical (unpaired) electrons. The molecule has 0 spiro atoms. The Balaban J connectivity index is 0.00000176. The first-order chi connectivity index (χ1) is 10.2. The van der Waals surface area contributed by atoms with E-state index in [0.717, 1.165) is 18.4 Å². The van der Waals surface area contributed by atoms with Gasteiger partial charge < -0.3 is 0 Å². The molecule has 2 aromatic carbocycles. The Morgan fingerprint density at radius 3 is 2.64 bits per heavy atom. The normalized spacial score (nSPS) is 11.6. The van der Waals surface area contributed by atoms with E-state index in [2.05, 4.69) is 37.6 Å². The van der Waals surface area contributed by atoms with E-state index in [1.54, 1.807) is 0 Å². The molecule has 114 valence electrons. The number of hydrogen-bond acceptors (Lipinski definition) is 0. The molecule has 0 heterocycles. The molecule has 0 unspecified atom stereocenters. The molecule has 0 N–H and O–H groups in total. The van der Waals surface area contributed by atoms with E-state index in [0.29, 0.717) is 10.0 Å². The van der Waals surface area contributed by atoms with E-state index in [1.807, 2.05) is 6.07 Å². The van der Waals surface area contributed by atoms with Gasteiger partial charge in [0.05, 0.1) is 0 Å². The minimum absolute atomic E-state index is 0. The topological polar surface area (TPSA) is 0 Å². The van der Waals surface area contributed by atoms with Crippen LogP contribution in [0.4, 0.5) is 0 Å². The zero-order chi connectivity index (χ0) is 14.8. The number of rotatable bonds is 5. The van der Waals surface area contributed by atoms with Crippen molar-refractivity contribution in [3.8, 4) is 11.1 Å². The summed E-state index contributed by atoms with van der Waals surface area (Å²) in [4.78, 5) is 0. The number of hydrogen-bond donors (Lipinski definition) is 0. The molecule has 0 saturated heterocycles. The first-order valence-corrected chi connectivity index (χ1v) is 8.40. The quantitative estimate of drug-likeness (QED) is 0.325. The molecule has 1 aliphatic rings. The van der Waals surface area contributed by atoms with Crippen LogP contribution in [0, 0.1) is 6.42 Å². The summed E-state index contributed by atoms with van der Waals surface area (Å²) in [6, 6.07) is 10.6. The second-order valence-corrected chi connectivity index (χ2v) is 6.43. The molecule has 0 nitrogen and oxygen atoms in total. The van der Waals surface area contributed by atoms with E-state index in [-0.39, 0.29) is 26.2 Å². The van der Waals surface area contributed by atoms with Crippen LogP contribution >= 0.6 is 23.2 Å². The SMILES string of the molecule is CCCCC[CH-]c1c(Cl)c(Cl)cc2c1Cc1ccccc1-2.[Zr]. The van der Waals surface area contributed by atoms with Crippen molar-refractivity contribution in [2.24, 2.45) is 0 Å². The predicted octanol–water partition coefficient (Wildman–Crippen LogP) is 6.69. The van der Waals surface area contributed by atoms with Gasteiger partial charge in [-0.25, -0.2) is 0 Å². The maximum Gasteiger partial charge on any atom is 0.00370 e. The molecular formula is C19H19Cl2Zr-. The standard InChI is InChI=1S/C19H19Cl2.Zr/c1-2-3-4-5-10-15-16-11-13-8-6-7-9-14(13)17(16)12-18(20)19(15)21;/h6-10,12H,2-5,11H2,1H3;/q-1;. The summed E-state index contributed by atoms with van der Waals surface area (Å²) in [6.07, 6.45) is 8.01. The van der Waals surface area contributed by atoms with Crippen LogP contribution in [0.5, 0.6) is 0 Å². The van der Waals surface area contributed by atoms with Crippen LogP contribution in [0.3, 0.4) is 0 Å². The predicted molar refractivity (Wildman–Crippen MR) is 92.2 cm³/mol. The molecular weight excluding hydrogens is 390 g/mol. The Morgan fingerprint density at radius 1 is 1.09 bits per heavy atom. The van der Waals surface area contributed by atoms with Gasteiger partial charge in [0.1, 0.15) is 0 Å². The van der Waals surface area contributed by atoms with Crippen molar-refractivity contribution in [3.63, 3.8) is 0 Å². The van der Waals surface area contributed by atoms with Gasteiger partial charge in [-0.1, -0.05) is 80.1 Å². The van der Waals surface area contributed by atoms with E-state index in [1.165, 1.54) is 41.5 Å². The Labute approximate surface area is 162 Å². The minimum Gasteiger partial charge on any atom is -0.182 e. The van der Waals surface area contributed by atoms with Crippen molar-refractivity contribution in [2.75, 3.05) is 0 Å². The second-order valence-electron chi connectivity index (χ2n) is 5.65. The van der Waals surface area contributed by atoms with Crippen LogP contribution in [0.2, 0.25) is 10.0 Å². The number of halogens is 2. The third-order valence-corrected chi connectivity index (χ3v) is 5.00. The zero-order valence-corrected chi connectivity index (χ0v) is 16.7. The van der Waals surface area contributed by atoms with Crippen molar-refractivity contribution in [2.45, 2.75) is 39.0 Å². The van der Waals surface area contributed by atoms with Gasteiger partial charge in [0, 0.05) is 31.2 Å². The summed E-state index contributed by atoms with van der Waals surface area (Å²) in [7, 11) is 0. The monoisotopic (exact) mass is 407 g/mol. The van der Waals surface area contributed by atoms with E-state index < -0.39 is 0 Å². The number of benzene rings is 2. The second kappa shape index (κ2) is 8.05. The van der Waals surface area contributed by atoms with Crippen molar-refractivity contribution in [3.05, 3.63) is 63.5 Å². The van der Waals surface area contributed by atoms with Crippen molar-refractivity contribution in [1.29, 1.82) is 0 Å². The van der Waals surface area contributed by atoms with Crippen molar-refractivity contribution < 1.29 is 26.2 Å². The summed E-state index contributed by atoms with van der Waals surface area (Å²) in [5, 5.41) is 1.37. The summed E-state index contributed by atoms with van der Waals surface area (Å²) in [6.45, 7) is 2.22. The molecule has 0 saturated carbocycles. The Kier molecular flexibility index (Phi) is 6.63. The van der Waals surface area contributed by atoms with Gasteiger partial charge in [-0.2, -0.15) is 23.6 Å². The molecule has 0 aromatic heterocycles. The number of fused-ring (bicyclic) bond motifs is 3. The molecule has 3 heteroatoms. The molecule has 2 aromatic rings. The molecule has 3 rings (SSSR count). The summed E-state index contributed by atoms with van der Waals surface area (Å²) >= 11 is 12.8. The molecule has 0 atom stereocenters. The number of unbranched alkanes of at least 4 members (excludes halogenated alkanes) is 3. The van der Waals surface area contributed by atoms with Crippen molar-refractivity contribution in [1.82, 2.24) is 0 Å². The maximum absolute atomic E-state index is 6.47. The summed E-state index contributed by atoms with van der Waals surface area (Å²) < 4.78 is 0. The van der Waals surface area contributed by atoms with Gasteiger partial charge in [0.25, 0.3) is 0 Å². The summed E-state index contributed by atoms with van der Waals surface area (Å²) in [5.74, 6) is 0. The van der Waals surface area contributed by atoms with Gasteiger partial charge in [-0.05, 0) is 22.6 Å². The molecule has 0 amide bonds. The van der Waals surface area contributed by atoms with Crippen LogP contribution in [-0.2, 0) is 32.6 Å². The Hall–Kier alpha value is -0.227. The fourth-order valence-corrected chi connectivity index (χ4v) is 3.55. The fourth-order valence-electron chi connectivity index (χ4n) is 3.10. The molecule has 1 aliphatic carbocycles. The Bertz CT molecular complexity index is 665. The van der Waals surface area contributed by atoms with Gasteiger partial charge in [0.2, 0.25) is 0 Å². The molecule has 0 fully saturated rings. The summed E-state index contributed by atoms with van der Waals surface area (Å²) in [5.41, 5.74) is 6.40. The van der Waals surface area contributed by atoms with Crippen LogP contribution in [0.1, 0.15) is 49.3 Å². The minimum atomic E-state index is 0. The van der Waals surface area contributed by atoms with Crippen LogP contribution in [-0.4, -0.2) is 0 Å². The average Bonchev–Trinajstić information content (AvgIpc) is 2.85. The third kappa shape index (κ3) is 3.48. The van der Waals surface area contributed by atoms with E-state index in [4.69, 9.17) is 23.2 Å². The van der Waals surface area contributed by atoms with Crippen LogP contribution in [0.15, 0.2) is 30.3 Å². The fraction of sp³-hybridized carbons (Fsp3) is 0.316. The van der Waals surface area contributed by atoms with E-state index in [9.17, 15) is 0 Å². The van der Waals surface area contributed by atoms with Crippen LogP contribution in [0.25, 0.3) is 11.1 Å². The first kappa shape index (κ1) is 18.1. The van der Waals surface area contributed by atoms with Gasteiger partial charge in [0.15, 0.2) is 0 Å². The molecule has 0 bridgehead atoms. The van der Waals surface area contributed by atoms with Crippen molar-refractivity contribution >= 4 is 23.2 Å². The van der Waals surface area contributed by atoms with Gasteiger partial charge >= 0.3 is 0 Å². The maximum atomic E-state index is 6.47. The molecule has 0 aliphatic heterocycles. The first-order valence-electron chi connectivity index (χ1n) is 7.64. The third-order valence-electron chi connectivity index (χ3n) is 4.20. The Morgan fingerprint density at radius 2 is 1.86 bits per heavy atom. The smallest absolute Gasteiger partial charge is 0.00370 e. The van der Waals surface area contributed by atoms with E-state index >= 15 is 0 Å². The average molecular weight is 409 g/mol. The van der Waals surface area contributed by atoms with Gasteiger partial charge in [-0.15, -0.1) is 5.56 Å².